The zero-order valence-electron chi connectivity index (χ0n) is 15.8. The summed E-state index contributed by atoms with van der Waals surface area (Å²) in [6, 6.07) is 2.05. The van der Waals surface area contributed by atoms with Crippen LogP contribution in [0.3, 0.4) is 0 Å². The molecule has 0 radical (unpaired) electrons. The van der Waals surface area contributed by atoms with Gasteiger partial charge in [-0.05, 0) is 51.8 Å². The molecule has 0 aliphatic carbocycles. The van der Waals surface area contributed by atoms with Crippen LogP contribution in [0.15, 0.2) is 15.7 Å². The van der Waals surface area contributed by atoms with Crippen LogP contribution in [0.25, 0.3) is 11.0 Å². The summed E-state index contributed by atoms with van der Waals surface area (Å²) in [6.45, 7) is 5.35. The third-order valence-electron chi connectivity index (χ3n) is 5.77. The molecule has 0 unspecified atom stereocenters. The Morgan fingerprint density at radius 1 is 1.19 bits per heavy atom. The third-order valence-corrected chi connectivity index (χ3v) is 5.77. The molecule has 2 saturated heterocycles. The number of amides is 1. The average molecular weight is 371 g/mol. The molecular formula is C19H25N5O3. The molecule has 2 aliphatic rings. The summed E-state index contributed by atoms with van der Waals surface area (Å²) in [4.78, 5) is 48.6. The van der Waals surface area contributed by atoms with Gasteiger partial charge in [0.05, 0.1) is 10.9 Å². The Kier molecular flexibility index (Phi) is 4.59. The molecule has 27 heavy (non-hydrogen) atoms. The molecule has 2 aliphatic heterocycles. The van der Waals surface area contributed by atoms with Crippen LogP contribution in [0.1, 0.15) is 41.7 Å². The highest BCUT2D eigenvalue weighted by atomic mass is 16.2. The number of nitrogens with one attached hydrogen (secondary N) is 1. The highest BCUT2D eigenvalue weighted by Crippen LogP contribution is 2.23. The van der Waals surface area contributed by atoms with E-state index < -0.39 is 11.2 Å². The lowest BCUT2D eigenvalue weighted by atomic mass is 10.0. The number of piperidine rings is 1. The first-order valence-corrected chi connectivity index (χ1v) is 9.59. The molecule has 2 aromatic rings. The summed E-state index contributed by atoms with van der Waals surface area (Å²) >= 11 is 0. The van der Waals surface area contributed by atoms with Crippen molar-refractivity contribution in [1.29, 1.82) is 0 Å². The normalized spacial score (nSPS) is 21.1. The molecule has 4 heterocycles. The number of fused-ring (bicyclic) bond motifs is 1. The first kappa shape index (κ1) is 17.9. The molecule has 8 nitrogen and oxygen atoms in total. The van der Waals surface area contributed by atoms with E-state index in [-0.39, 0.29) is 16.9 Å². The van der Waals surface area contributed by atoms with E-state index in [1.54, 1.807) is 20.0 Å². The number of rotatable bonds is 2. The minimum absolute atomic E-state index is 0.154. The van der Waals surface area contributed by atoms with Crippen molar-refractivity contribution in [2.24, 2.45) is 7.05 Å². The van der Waals surface area contributed by atoms with Crippen molar-refractivity contribution < 1.29 is 4.79 Å². The maximum absolute atomic E-state index is 13.3. The number of nitrogens with zero attached hydrogens (tertiary/aromatic N) is 4. The van der Waals surface area contributed by atoms with Crippen molar-refractivity contribution in [1.82, 2.24) is 24.3 Å². The SMILES string of the molecule is Cc1cc(C(=O)N2CCC[C@H](N3CCCC3)C2)c2c(=O)[nH]c(=O)n(C)c2n1. The van der Waals surface area contributed by atoms with E-state index in [9.17, 15) is 14.4 Å². The van der Waals surface area contributed by atoms with Crippen molar-refractivity contribution in [3.8, 4) is 0 Å². The predicted molar refractivity (Wildman–Crippen MR) is 102 cm³/mol. The van der Waals surface area contributed by atoms with Gasteiger partial charge in [0.1, 0.15) is 5.65 Å². The second-order valence-electron chi connectivity index (χ2n) is 7.62. The van der Waals surface area contributed by atoms with Gasteiger partial charge >= 0.3 is 5.69 Å². The van der Waals surface area contributed by atoms with Gasteiger partial charge in [-0.3, -0.25) is 24.0 Å². The van der Waals surface area contributed by atoms with Crippen LogP contribution >= 0.6 is 0 Å². The van der Waals surface area contributed by atoms with Crippen molar-refractivity contribution in [2.75, 3.05) is 26.2 Å². The Hall–Kier alpha value is -2.48. The maximum Gasteiger partial charge on any atom is 0.329 e. The number of hydrogen-bond donors (Lipinski definition) is 1. The second-order valence-corrected chi connectivity index (χ2v) is 7.62. The van der Waals surface area contributed by atoms with Crippen molar-refractivity contribution >= 4 is 16.9 Å². The molecule has 0 spiro atoms. The van der Waals surface area contributed by atoms with E-state index in [4.69, 9.17) is 0 Å². The van der Waals surface area contributed by atoms with Gasteiger partial charge in [-0.1, -0.05) is 0 Å². The maximum atomic E-state index is 13.3. The predicted octanol–water partition coefficient (Wildman–Crippen LogP) is 0.631. The summed E-state index contributed by atoms with van der Waals surface area (Å²) in [5, 5.41) is 0.191. The summed E-state index contributed by atoms with van der Waals surface area (Å²) < 4.78 is 1.28. The molecular weight excluding hydrogens is 346 g/mol. The molecule has 0 bridgehead atoms. The van der Waals surface area contributed by atoms with E-state index in [1.165, 1.54) is 17.4 Å². The van der Waals surface area contributed by atoms with E-state index >= 15 is 0 Å². The van der Waals surface area contributed by atoms with Crippen molar-refractivity contribution in [3.63, 3.8) is 0 Å². The number of H-pyrrole nitrogens is 1. The quantitative estimate of drug-likeness (QED) is 0.836. The Bertz CT molecular complexity index is 1000. The Morgan fingerprint density at radius 3 is 2.67 bits per heavy atom. The molecule has 2 aromatic heterocycles. The molecule has 0 aromatic carbocycles. The number of pyridine rings is 1. The highest BCUT2D eigenvalue weighted by Gasteiger charge is 2.31. The summed E-state index contributed by atoms with van der Waals surface area (Å²) in [5.41, 5.74) is 0.101. The zero-order chi connectivity index (χ0) is 19.1. The number of carbonyl (C=O) groups is 1. The molecule has 8 heteroatoms. The summed E-state index contributed by atoms with van der Waals surface area (Å²) in [5.74, 6) is -0.154. The van der Waals surface area contributed by atoms with Crippen LogP contribution < -0.4 is 11.2 Å². The van der Waals surface area contributed by atoms with E-state index in [0.29, 0.717) is 30.4 Å². The summed E-state index contributed by atoms with van der Waals surface area (Å²) in [6.07, 6.45) is 4.52. The number of carbonyl (C=O) groups excluding carboxylic acids is 1. The molecule has 144 valence electrons. The molecule has 4 rings (SSSR count). The number of aromatic nitrogens is 3. The lowest BCUT2D eigenvalue weighted by Gasteiger charge is -2.37. The van der Waals surface area contributed by atoms with E-state index in [0.717, 1.165) is 25.9 Å². The molecule has 1 atom stereocenters. The smallest absolute Gasteiger partial charge is 0.329 e. The second kappa shape index (κ2) is 6.92. The Morgan fingerprint density at radius 2 is 1.93 bits per heavy atom. The van der Waals surface area contributed by atoms with Crippen LogP contribution in [0.2, 0.25) is 0 Å². The van der Waals surface area contributed by atoms with Gasteiger partial charge in [0, 0.05) is 31.9 Å². The van der Waals surface area contributed by atoms with Crippen LogP contribution in [-0.4, -0.2) is 62.5 Å². The fourth-order valence-corrected chi connectivity index (χ4v) is 4.35. The first-order chi connectivity index (χ1) is 13.0. The highest BCUT2D eigenvalue weighted by molar-refractivity contribution is 6.05. The Balaban J connectivity index is 1.73. The van der Waals surface area contributed by atoms with Crippen LogP contribution in [0, 0.1) is 6.92 Å². The zero-order valence-corrected chi connectivity index (χ0v) is 15.8. The van der Waals surface area contributed by atoms with E-state index in [1.807, 2.05) is 4.90 Å². The molecule has 0 saturated carbocycles. The number of hydrogen-bond acceptors (Lipinski definition) is 5. The number of aromatic amines is 1. The Labute approximate surface area is 156 Å². The van der Waals surface area contributed by atoms with Crippen LogP contribution in [-0.2, 0) is 7.05 Å². The molecule has 2 fully saturated rings. The number of likely N-dealkylation sites (tertiary alicyclic amines) is 2. The van der Waals surface area contributed by atoms with Gasteiger partial charge in [-0.2, -0.15) is 0 Å². The topological polar surface area (TPSA) is 91.3 Å². The van der Waals surface area contributed by atoms with Gasteiger partial charge < -0.3 is 4.90 Å². The van der Waals surface area contributed by atoms with Gasteiger partial charge in [-0.15, -0.1) is 0 Å². The van der Waals surface area contributed by atoms with Gasteiger partial charge in [0.15, 0.2) is 0 Å². The minimum atomic E-state index is -0.558. The first-order valence-electron chi connectivity index (χ1n) is 9.59. The number of aryl methyl sites for hydroxylation is 2. The summed E-state index contributed by atoms with van der Waals surface area (Å²) in [7, 11) is 1.55. The standard InChI is InChI=1S/C19H25N5O3/c1-12-10-14(15-16(20-12)22(2)19(27)21-17(15)25)18(26)24-9-5-6-13(11-24)23-7-3-4-8-23/h10,13H,3-9,11H2,1-2H3,(H,21,25,27)/t13-/m0/s1. The molecule has 1 amide bonds. The van der Waals surface area contributed by atoms with E-state index in [2.05, 4.69) is 14.9 Å². The van der Waals surface area contributed by atoms with Crippen LogP contribution in [0.4, 0.5) is 0 Å². The van der Waals surface area contributed by atoms with Gasteiger partial charge in [0.2, 0.25) is 0 Å². The lowest BCUT2D eigenvalue weighted by molar-refractivity contribution is 0.0609. The minimum Gasteiger partial charge on any atom is -0.337 e. The van der Waals surface area contributed by atoms with Crippen molar-refractivity contribution in [3.05, 3.63) is 38.2 Å². The third kappa shape index (κ3) is 3.18. The van der Waals surface area contributed by atoms with Gasteiger partial charge in [0.25, 0.3) is 11.5 Å². The molecule has 1 N–H and O–H groups in total. The largest absolute Gasteiger partial charge is 0.337 e. The monoisotopic (exact) mass is 371 g/mol. The fourth-order valence-electron chi connectivity index (χ4n) is 4.35. The van der Waals surface area contributed by atoms with Gasteiger partial charge in [-0.25, -0.2) is 9.78 Å². The average Bonchev–Trinajstić information content (AvgIpc) is 3.20. The fraction of sp³-hybridized carbons (Fsp3) is 0.579. The van der Waals surface area contributed by atoms with Crippen molar-refractivity contribution in [2.45, 2.75) is 38.6 Å². The van der Waals surface area contributed by atoms with Crippen LogP contribution in [0.5, 0.6) is 0 Å². The lowest BCUT2D eigenvalue weighted by Crippen LogP contribution is -2.49.